The predicted molar refractivity (Wildman–Crippen MR) is 100.0 cm³/mol. The van der Waals surface area contributed by atoms with Crippen molar-refractivity contribution in [3.63, 3.8) is 0 Å². The van der Waals surface area contributed by atoms with Crippen molar-refractivity contribution in [3.05, 3.63) is 98.6 Å². The van der Waals surface area contributed by atoms with Crippen molar-refractivity contribution in [1.29, 1.82) is 0 Å². The van der Waals surface area contributed by atoms with E-state index in [1.165, 1.54) is 42.6 Å². The molecular weight excluding hydrogens is 350 g/mol. The molecule has 0 heterocycles. The van der Waals surface area contributed by atoms with E-state index >= 15 is 0 Å². The Balaban J connectivity index is 1.84. The van der Waals surface area contributed by atoms with Crippen LogP contribution >= 0.6 is 0 Å². The van der Waals surface area contributed by atoms with E-state index in [1.807, 2.05) is 30.3 Å². The summed E-state index contributed by atoms with van der Waals surface area (Å²) in [6.07, 6.45) is 1.53. The summed E-state index contributed by atoms with van der Waals surface area (Å²) in [5, 5.41) is 22.1. The fourth-order valence-corrected chi connectivity index (χ4v) is 2.27. The smallest absolute Gasteiger partial charge is 0.312 e. The SMILES string of the molecule is O=[N+]([O-])c1ccc(Oc2ccc(C=Nc3ccccc3)cc2[N+](=O)[O-])cc1. The van der Waals surface area contributed by atoms with Crippen LogP contribution in [0.4, 0.5) is 17.1 Å². The van der Waals surface area contributed by atoms with Crippen LogP contribution in [0.2, 0.25) is 0 Å². The molecule has 0 aliphatic carbocycles. The van der Waals surface area contributed by atoms with Crippen LogP contribution in [0.3, 0.4) is 0 Å². The molecule has 0 saturated heterocycles. The van der Waals surface area contributed by atoms with Crippen LogP contribution in [0, 0.1) is 20.2 Å². The van der Waals surface area contributed by atoms with Gasteiger partial charge in [0.05, 0.1) is 15.5 Å². The molecule has 0 N–H and O–H groups in total. The van der Waals surface area contributed by atoms with Gasteiger partial charge >= 0.3 is 5.69 Å². The Kier molecular flexibility index (Phi) is 5.17. The lowest BCUT2D eigenvalue weighted by Crippen LogP contribution is -1.95. The van der Waals surface area contributed by atoms with E-state index in [0.717, 1.165) is 5.69 Å². The van der Waals surface area contributed by atoms with Gasteiger partial charge in [-0.25, -0.2) is 0 Å². The standard InChI is InChI=1S/C19H13N3O5/c23-21(24)16-7-9-17(10-8-16)27-19-11-6-14(12-18(19)22(25)26)13-20-15-4-2-1-3-5-15/h1-13H. The normalized spacial score (nSPS) is 10.7. The van der Waals surface area contributed by atoms with Gasteiger partial charge in [-0.2, -0.15) is 0 Å². The lowest BCUT2D eigenvalue weighted by molar-refractivity contribution is -0.385. The summed E-state index contributed by atoms with van der Waals surface area (Å²) in [7, 11) is 0. The second-order valence-electron chi connectivity index (χ2n) is 5.43. The molecule has 0 aliphatic rings. The number of rotatable bonds is 6. The number of aliphatic imine (C=N–C) groups is 1. The van der Waals surface area contributed by atoms with E-state index in [-0.39, 0.29) is 22.9 Å². The van der Waals surface area contributed by atoms with Gasteiger partial charge in [0.1, 0.15) is 5.75 Å². The topological polar surface area (TPSA) is 108 Å². The number of nitrogens with zero attached hydrogens (tertiary/aromatic N) is 3. The van der Waals surface area contributed by atoms with E-state index in [1.54, 1.807) is 6.07 Å². The highest BCUT2D eigenvalue weighted by atomic mass is 16.6. The summed E-state index contributed by atoms with van der Waals surface area (Å²) in [6.45, 7) is 0. The monoisotopic (exact) mass is 363 g/mol. The van der Waals surface area contributed by atoms with Crippen molar-refractivity contribution in [2.45, 2.75) is 0 Å². The van der Waals surface area contributed by atoms with Crippen LogP contribution in [0.15, 0.2) is 77.8 Å². The minimum absolute atomic E-state index is 0.0331. The number of nitro groups is 2. The Labute approximate surface area is 153 Å². The molecule has 3 aromatic carbocycles. The van der Waals surface area contributed by atoms with Gasteiger partial charge in [0.25, 0.3) is 5.69 Å². The van der Waals surface area contributed by atoms with E-state index in [0.29, 0.717) is 5.56 Å². The van der Waals surface area contributed by atoms with E-state index in [9.17, 15) is 20.2 Å². The zero-order chi connectivity index (χ0) is 19.2. The van der Waals surface area contributed by atoms with Gasteiger partial charge < -0.3 is 4.74 Å². The first kappa shape index (κ1) is 17.7. The van der Waals surface area contributed by atoms with Crippen LogP contribution in [-0.4, -0.2) is 16.1 Å². The van der Waals surface area contributed by atoms with Gasteiger partial charge in [0.15, 0.2) is 0 Å². The minimum Gasteiger partial charge on any atom is -0.450 e. The first-order chi connectivity index (χ1) is 13.0. The van der Waals surface area contributed by atoms with Crippen molar-refractivity contribution >= 4 is 23.3 Å². The summed E-state index contributed by atoms with van der Waals surface area (Å²) in [5.41, 5.74) is 0.947. The van der Waals surface area contributed by atoms with E-state index in [4.69, 9.17) is 4.74 Å². The van der Waals surface area contributed by atoms with E-state index in [2.05, 4.69) is 4.99 Å². The maximum atomic E-state index is 11.4. The fraction of sp³-hybridized carbons (Fsp3) is 0. The summed E-state index contributed by atoms with van der Waals surface area (Å²) >= 11 is 0. The molecule has 0 unspecified atom stereocenters. The molecular formula is C19H13N3O5. The maximum absolute atomic E-state index is 11.4. The molecule has 0 bridgehead atoms. The molecule has 0 spiro atoms. The Morgan fingerprint density at radius 2 is 1.56 bits per heavy atom. The maximum Gasteiger partial charge on any atom is 0.312 e. The molecule has 0 fully saturated rings. The number of hydrogen-bond acceptors (Lipinski definition) is 6. The van der Waals surface area contributed by atoms with Gasteiger partial charge in [-0.15, -0.1) is 0 Å². The highest BCUT2D eigenvalue weighted by Gasteiger charge is 2.17. The van der Waals surface area contributed by atoms with Gasteiger partial charge in [0.2, 0.25) is 5.75 Å². The molecule has 27 heavy (non-hydrogen) atoms. The average Bonchev–Trinajstić information content (AvgIpc) is 2.68. The highest BCUT2D eigenvalue weighted by Crippen LogP contribution is 2.32. The van der Waals surface area contributed by atoms with Gasteiger partial charge in [-0.3, -0.25) is 25.2 Å². The summed E-state index contributed by atoms with van der Waals surface area (Å²) in [5.74, 6) is 0.292. The zero-order valence-electron chi connectivity index (χ0n) is 13.9. The van der Waals surface area contributed by atoms with Crippen LogP contribution in [0.1, 0.15) is 5.56 Å². The largest absolute Gasteiger partial charge is 0.450 e. The first-order valence-electron chi connectivity index (χ1n) is 7.83. The molecule has 0 atom stereocenters. The lowest BCUT2D eigenvalue weighted by atomic mass is 10.2. The zero-order valence-corrected chi connectivity index (χ0v) is 13.9. The molecule has 0 aliphatic heterocycles. The van der Waals surface area contributed by atoms with Crippen LogP contribution in [-0.2, 0) is 0 Å². The number of hydrogen-bond donors (Lipinski definition) is 0. The molecule has 3 aromatic rings. The number of ether oxygens (including phenoxy) is 1. The first-order valence-corrected chi connectivity index (χ1v) is 7.83. The van der Waals surface area contributed by atoms with Crippen LogP contribution in [0.25, 0.3) is 0 Å². The second kappa shape index (κ2) is 7.87. The highest BCUT2D eigenvalue weighted by molar-refractivity contribution is 5.83. The summed E-state index contributed by atoms with van der Waals surface area (Å²) in [4.78, 5) is 25.2. The van der Waals surface area contributed by atoms with Gasteiger partial charge in [-0.05, 0) is 42.0 Å². The van der Waals surface area contributed by atoms with Crippen molar-refractivity contribution in [2.75, 3.05) is 0 Å². The van der Waals surface area contributed by atoms with Gasteiger partial charge in [0, 0.05) is 24.4 Å². The molecule has 134 valence electrons. The third kappa shape index (κ3) is 4.51. The molecule has 8 nitrogen and oxygen atoms in total. The van der Waals surface area contributed by atoms with Crippen LogP contribution < -0.4 is 4.74 Å². The Morgan fingerprint density at radius 1 is 0.852 bits per heavy atom. The Bertz CT molecular complexity index is 1000. The fourth-order valence-electron chi connectivity index (χ4n) is 2.27. The van der Waals surface area contributed by atoms with Crippen molar-refractivity contribution in [1.82, 2.24) is 0 Å². The molecule has 0 radical (unpaired) electrons. The predicted octanol–water partition coefficient (Wildman–Crippen LogP) is 5.05. The van der Waals surface area contributed by atoms with E-state index < -0.39 is 9.85 Å². The van der Waals surface area contributed by atoms with Crippen molar-refractivity contribution < 1.29 is 14.6 Å². The number of benzene rings is 3. The third-order valence-corrected chi connectivity index (χ3v) is 3.57. The lowest BCUT2D eigenvalue weighted by Gasteiger charge is -2.06. The molecule has 8 heteroatoms. The van der Waals surface area contributed by atoms with Gasteiger partial charge in [-0.1, -0.05) is 18.2 Å². The molecule has 0 aromatic heterocycles. The summed E-state index contributed by atoms with van der Waals surface area (Å²) in [6, 6.07) is 18.9. The van der Waals surface area contributed by atoms with Crippen molar-refractivity contribution in [3.8, 4) is 11.5 Å². The summed E-state index contributed by atoms with van der Waals surface area (Å²) < 4.78 is 5.51. The molecule has 3 rings (SSSR count). The Hall–Kier alpha value is -4.07. The Morgan fingerprint density at radius 3 is 2.19 bits per heavy atom. The average molecular weight is 363 g/mol. The van der Waals surface area contributed by atoms with Crippen molar-refractivity contribution in [2.24, 2.45) is 4.99 Å². The number of para-hydroxylation sites is 1. The number of non-ortho nitro benzene ring substituents is 1. The number of nitro benzene ring substituents is 2. The molecule has 0 amide bonds. The quantitative estimate of drug-likeness (QED) is 0.346. The van der Waals surface area contributed by atoms with Crippen LogP contribution in [0.5, 0.6) is 11.5 Å². The second-order valence-corrected chi connectivity index (χ2v) is 5.43. The third-order valence-electron chi connectivity index (χ3n) is 3.57. The minimum atomic E-state index is -0.555. The molecule has 0 saturated carbocycles.